The van der Waals surface area contributed by atoms with Crippen molar-refractivity contribution in [3.63, 3.8) is 0 Å². The maximum atomic E-state index is 15.0. The van der Waals surface area contributed by atoms with Gasteiger partial charge in [-0.05, 0) is 82.0 Å². The van der Waals surface area contributed by atoms with Crippen LogP contribution in [-0.4, -0.2) is 30.1 Å². The highest BCUT2D eigenvalue weighted by atomic mass is 32.2. The van der Waals surface area contributed by atoms with E-state index >= 15 is 4.39 Å². The van der Waals surface area contributed by atoms with Crippen LogP contribution in [0, 0.1) is 12.7 Å². The molecule has 0 spiro atoms. The number of ether oxygens (including phenoxy) is 1. The lowest BCUT2D eigenvalue weighted by Gasteiger charge is -2.18. The number of aryl methyl sites for hydroxylation is 1. The van der Waals surface area contributed by atoms with Crippen molar-refractivity contribution in [1.82, 2.24) is 14.8 Å². The molecule has 1 aliphatic carbocycles. The average Bonchev–Trinajstić information content (AvgIpc) is 3.59. The number of halogens is 1. The third-order valence-electron chi connectivity index (χ3n) is 6.20. The van der Waals surface area contributed by atoms with Crippen LogP contribution < -0.4 is 10.1 Å². The van der Waals surface area contributed by atoms with Crippen molar-refractivity contribution in [3.8, 4) is 11.5 Å². The molecule has 0 saturated heterocycles. The summed E-state index contributed by atoms with van der Waals surface area (Å²) in [6.45, 7) is 7.84. The summed E-state index contributed by atoms with van der Waals surface area (Å²) < 4.78 is 35.6. The molecule has 9 heteroatoms. The van der Waals surface area contributed by atoms with E-state index in [1.807, 2.05) is 39.0 Å². The molecule has 0 radical (unpaired) electrons. The molecular weight excluding hydrogens is 491 g/mol. The molecule has 5 rings (SSSR count). The summed E-state index contributed by atoms with van der Waals surface area (Å²) >= 11 is 0. The SMILES string of the molecule is Cc1cc(CC(=O)Nc2cnn(C(C)(C)C)c2)c(F)cc1Oc1ccnc2ccc(S(=O)C3CC3)cc12. The van der Waals surface area contributed by atoms with Crippen LogP contribution in [-0.2, 0) is 27.6 Å². The highest BCUT2D eigenvalue weighted by molar-refractivity contribution is 7.86. The molecule has 1 aliphatic rings. The van der Waals surface area contributed by atoms with E-state index in [0.717, 1.165) is 17.7 Å². The normalized spacial score (nSPS) is 14.5. The number of anilines is 1. The number of amides is 1. The average molecular weight is 521 g/mol. The molecule has 1 N–H and O–H groups in total. The molecule has 4 aromatic rings. The van der Waals surface area contributed by atoms with Gasteiger partial charge < -0.3 is 10.1 Å². The summed E-state index contributed by atoms with van der Waals surface area (Å²) in [6.07, 6.45) is 6.78. The fourth-order valence-corrected chi connectivity index (χ4v) is 5.39. The molecule has 2 aromatic heterocycles. The van der Waals surface area contributed by atoms with Crippen molar-refractivity contribution in [2.45, 2.75) is 62.6 Å². The van der Waals surface area contributed by atoms with Gasteiger partial charge in [-0.2, -0.15) is 5.10 Å². The smallest absolute Gasteiger partial charge is 0.228 e. The number of carbonyl (C=O) groups excluding carboxylic acids is 1. The van der Waals surface area contributed by atoms with E-state index in [2.05, 4.69) is 15.4 Å². The Labute approximate surface area is 217 Å². The van der Waals surface area contributed by atoms with Gasteiger partial charge in [0.25, 0.3) is 0 Å². The minimum atomic E-state index is -1.06. The molecule has 2 heterocycles. The third kappa shape index (κ3) is 5.56. The van der Waals surface area contributed by atoms with E-state index in [1.54, 1.807) is 42.3 Å². The molecule has 1 amide bonds. The number of hydrogen-bond donors (Lipinski definition) is 1. The zero-order valence-corrected chi connectivity index (χ0v) is 22.1. The molecule has 1 atom stereocenters. The highest BCUT2D eigenvalue weighted by Crippen LogP contribution is 2.35. The molecule has 1 saturated carbocycles. The van der Waals surface area contributed by atoms with Crippen LogP contribution in [0.4, 0.5) is 10.1 Å². The maximum absolute atomic E-state index is 15.0. The van der Waals surface area contributed by atoms with Gasteiger partial charge in [0, 0.05) is 34.0 Å². The van der Waals surface area contributed by atoms with Gasteiger partial charge in [-0.15, -0.1) is 0 Å². The fraction of sp³-hybridized carbons (Fsp3) is 0.321. The highest BCUT2D eigenvalue weighted by Gasteiger charge is 2.29. The summed E-state index contributed by atoms with van der Waals surface area (Å²) in [6, 6.07) is 10.2. The summed E-state index contributed by atoms with van der Waals surface area (Å²) in [4.78, 5) is 17.7. The molecule has 7 nitrogen and oxygen atoms in total. The van der Waals surface area contributed by atoms with Crippen molar-refractivity contribution in [3.05, 3.63) is 71.9 Å². The topological polar surface area (TPSA) is 86.1 Å². The Morgan fingerprint density at radius 2 is 1.97 bits per heavy atom. The summed E-state index contributed by atoms with van der Waals surface area (Å²) in [7, 11) is -1.06. The van der Waals surface area contributed by atoms with Crippen LogP contribution in [0.25, 0.3) is 10.9 Å². The summed E-state index contributed by atoms with van der Waals surface area (Å²) in [5.74, 6) is -0.0235. The second-order valence-electron chi connectivity index (χ2n) is 10.4. The standard InChI is InChI=1S/C28H29FN4O3S/c1-17-11-18(12-27(34)32-19-15-31-33(16-19)28(2,3)4)23(29)14-26(17)36-25-9-10-30-24-8-7-21(13-22(24)25)37(35)20-5-6-20/h7-11,13-16,20H,5-6,12H2,1-4H3,(H,32,34). The van der Waals surface area contributed by atoms with E-state index in [0.29, 0.717) is 33.7 Å². The number of hydrogen-bond acceptors (Lipinski definition) is 5. The number of carbonyl (C=O) groups is 1. The van der Waals surface area contributed by atoms with E-state index < -0.39 is 16.6 Å². The van der Waals surface area contributed by atoms with E-state index in [1.165, 1.54) is 6.07 Å². The molecule has 192 valence electrons. The van der Waals surface area contributed by atoms with Crippen molar-refractivity contribution in [1.29, 1.82) is 0 Å². The minimum Gasteiger partial charge on any atom is -0.456 e. The Morgan fingerprint density at radius 3 is 2.68 bits per heavy atom. The lowest BCUT2D eigenvalue weighted by atomic mass is 10.1. The monoisotopic (exact) mass is 520 g/mol. The second kappa shape index (κ2) is 9.70. The predicted octanol–water partition coefficient (Wildman–Crippen LogP) is 5.88. The Morgan fingerprint density at radius 1 is 1.19 bits per heavy atom. The number of nitrogens with zero attached hydrogens (tertiary/aromatic N) is 3. The van der Waals surface area contributed by atoms with Gasteiger partial charge >= 0.3 is 0 Å². The van der Waals surface area contributed by atoms with E-state index in [4.69, 9.17) is 4.74 Å². The third-order valence-corrected chi connectivity index (χ3v) is 8.00. The van der Waals surface area contributed by atoms with Gasteiger partial charge in [0.2, 0.25) is 5.91 Å². The van der Waals surface area contributed by atoms with Crippen molar-refractivity contribution < 1.29 is 18.1 Å². The Bertz CT molecular complexity index is 1520. The van der Waals surface area contributed by atoms with Crippen LogP contribution in [0.5, 0.6) is 11.5 Å². The lowest BCUT2D eigenvalue weighted by Crippen LogP contribution is -2.22. The van der Waals surface area contributed by atoms with Crippen molar-refractivity contribution in [2.24, 2.45) is 0 Å². The van der Waals surface area contributed by atoms with Gasteiger partial charge in [0.05, 0.1) is 40.2 Å². The van der Waals surface area contributed by atoms with Gasteiger partial charge in [-0.1, -0.05) is 0 Å². The van der Waals surface area contributed by atoms with Gasteiger partial charge in [-0.25, -0.2) is 4.39 Å². The molecular formula is C28H29FN4O3S. The van der Waals surface area contributed by atoms with Crippen LogP contribution in [0.2, 0.25) is 0 Å². The summed E-state index contributed by atoms with van der Waals surface area (Å²) in [5.41, 5.74) is 2.01. The molecule has 1 fully saturated rings. The Balaban J connectivity index is 1.34. The first kappa shape index (κ1) is 25.1. The molecule has 0 aliphatic heterocycles. The zero-order chi connectivity index (χ0) is 26.3. The predicted molar refractivity (Wildman–Crippen MR) is 142 cm³/mol. The first-order chi connectivity index (χ1) is 17.6. The van der Waals surface area contributed by atoms with Gasteiger partial charge in [0.15, 0.2) is 0 Å². The fourth-order valence-electron chi connectivity index (χ4n) is 4.01. The minimum absolute atomic E-state index is 0.123. The Kier molecular flexibility index (Phi) is 6.58. The second-order valence-corrected chi connectivity index (χ2v) is 12.1. The van der Waals surface area contributed by atoms with Gasteiger partial charge in [-0.3, -0.25) is 18.7 Å². The molecule has 1 unspecified atom stereocenters. The zero-order valence-electron chi connectivity index (χ0n) is 21.2. The van der Waals surface area contributed by atoms with Crippen molar-refractivity contribution >= 4 is 33.3 Å². The molecule has 2 aromatic carbocycles. The van der Waals surface area contributed by atoms with Crippen LogP contribution in [0.15, 0.2) is 59.9 Å². The van der Waals surface area contributed by atoms with Crippen LogP contribution >= 0.6 is 0 Å². The van der Waals surface area contributed by atoms with Crippen LogP contribution in [0.3, 0.4) is 0 Å². The summed E-state index contributed by atoms with van der Waals surface area (Å²) in [5, 5.41) is 7.98. The first-order valence-electron chi connectivity index (χ1n) is 12.2. The number of benzene rings is 2. The first-order valence-corrected chi connectivity index (χ1v) is 13.4. The molecule has 37 heavy (non-hydrogen) atoms. The van der Waals surface area contributed by atoms with E-state index in [9.17, 15) is 9.00 Å². The van der Waals surface area contributed by atoms with Gasteiger partial charge in [0.1, 0.15) is 17.3 Å². The largest absolute Gasteiger partial charge is 0.456 e. The van der Waals surface area contributed by atoms with Crippen LogP contribution in [0.1, 0.15) is 44.7 Å². The number of rotatable bonds is 7. The quantitative estimate of drug-likeness (QED) is 0.329. The van der Waals surface area contributed by atoms with E-state index in [-0.39, 0.29) is 28.7 Å². The number of fused-ring (bicyclic) bond motifs is 1. The van der Waals surface area contributed by atoms with Crippen molar-refractivity contribution in [2.75, 3.05) is 5.32 Å². The number of aromatic nitrogens is 3. The Hall–Kier alpha value is -3.59. The number of pyridine rings is 1. The maximum Gasteiger partial charge on any atom is 0.228 e. The molecule has 0 bridgehead atoms. The number of nitrogens with one attached hydrogen (secondary N) is 1. The lowest BCUT2D eigenvalue weighted by molar-refractivity contribution is -0.115.